The number of hydrogen-bond acceptors (Lipinski definition) is 3. The number of amides is 1. The standard InChI is InChI=1S/C18H23FN2O2.ClH/c19-16-8-7-14(18(20)22)15-9-13(10-23-17(15)16)21(11-3-1-4-11)12-5-2-6-12;/h7-8,11-13H,1-6,9-10H2,(H2,20,22);1H/t13-;/m1./s1. The van der Waals surface area contributed by atoms with Crippen LogP contribution in [0.5, 0.6) is 5.75 Å². The lowest BCUT2D eigenvalue weighted by Crippen LogP contribution is -2.57. The summed E-state index contributed by atoms with van der Waals surface area (Å²) in [5, 5.41) is 0. The molecule has 2 fully saturated rings. The second-order valence-electron chi connectivity index (χ2n) is 7.05. The zero-order valence-corrected chi connectivity index (χ0v) is 14.5. The Balaban J connectivity index is 0.00000169. The number of rotatable bonds is 4. The second kappa shape index (κ2) is 6.89. The molecule has 2 saturated carbocycles. The van der Waals surface area contributed by atoms with Gasteiger partial charge in [-0.1, -0.05) is 12.8 Å². The molecule has 4 nitrogen and oxygen atoms in total. The Kier molecular flexibility index (Phi) is 5.02. The third-order valence-corrected chi connectivity index (χ3v) is 5.75. The summed E-state index contributed by atoms with van der Waals surface area (Å²) in [5.74, 6) is -0.689. The van der Waals surface area contributed by atoms with Gasteiger partial charge in [-0.25, -0.2) is 4.39 Å². The van der Waals surface area contributed by atoms with Crippen LogP contribution >= 0.6 is 12.4 Å². The highest BCUT2D eigenvalue weighted by molar-refractivity contribution is 5.95. The van der Waals surface area contributed by atoms with Crippen molar-refractivity contribution >= 4 is 18.3 Å². The van der Waals surface area contributed by atoms with Crippen LogP contribution in [-0.4, -0.2) is 35.5 Å². The number of fused-ring (bicyclic) bond motifs is 1. The van der Waals surface area contributed by atoms with Crippen molar-refractivity contribution in [3.8, 4) is 5.75 Å². The topological polar surface area (TPSA) is 55.6 Å². The van der Waals surface area contributed by atoms with Crippen LogP contribution in [0.15, 0.2) is 12.1 Å². The van der Waals surface area contributed by atoms with Crippen molar-refractivity contribution in [2.45, 2.75) is 63.1 Å². The van der Waals surface area contributed by atoms with Gasteiger partial charge in [-0.2, -0.15) is 0 Å². The van der Waals surface area contributed by atoms with Gasteiger partial charge in [0.25, 0.3) is 0 Å². The first kappa shape index (κ1) is 17.5. The number of nitrogens with two attached hydrogens (primary N) is 1. The van der Waals surface area contributed by atoms with Crippen molar-refractivity contribution in [2.24, 2.45) is 5.73 Å². The predicted octanol–water partition coefficient (Wildman–Crippen LogP) is 3.06. The normalized spacial score (nSPS) is 23.5. The monoisotopic (exact) mass is 354 g/mol. The molecule has 0 aromatic heterocycles. The number of carbonyl (C=O) groups excluding carboxylic acids is 1. The van der Waals surface area contributed by atoms with Crippen molar-refractivity contribution < 1.29 is 13.9 Å². The van der Waals surface area contributed by atoms with E-state index in [-0.39, 0.29) is 24.2 Å². The maximum absolute atomic E-state index is 14.0. The Morgan fingerprint density at radius 1 is 1.12 bits per heavy atom. The molecule has 0 unspecified atom stereocenters. The minimum absolute atomic E-state index is 0. The number of benzene rings is 1. The van der Waals surface area contributed by atoms with Crippen LogP contribution in [0, 0.1) is 5.82 Å². The number of nitrogens with zero attached hydrogens (tertiary/aromatic N) is 1. The first-order chi connectivity index (χ1) is 11.1. The van der Waals surface area contributed by atoms with E-state index in [9.17, 15) is 9.18 Å². The molecular weight excluding hydrogens is 331 g/mol. The fourth-order valence-electron chi connectivity index (χ4n) is 4.12. The predicted molar refractivity (Wildman–Crippen MR) is 92.3 cm³/mol. The third-order valence-electron chi connectivity index (χ3n) is 5.75. The lowest BCUT2D eigenvalue weighted by molar-refractivity contribution is -0.0194. The Hall–Kier alpha value is -1.33. The van der Waals surface area contributed by atoms with Crippen LogP contribution < -0.4 is 10.5 Å². The van der Waals surface area contributed by atoms with Gasteiger partial charge in [0.15, 0.2) is 11.6 Å². The van der Waals surface area contributed by atoms with Gasteiger partial charge in [0.2, 0.25) is 5.91 Å². The highest BCUT2D eigenvalue weighted by Gasteiger charge is 2.40. The maximum atomic E-state index is 14.0. The molecule has 2 aliphatic carbocycles. The van der Waals surface area contributed by atoms with Gasteiger partial charge < -0.3 is 10.5 Å². The molecule has 1 aromatic rings. The summed E-state index contributed by atoms with van der Waals surface area (Å²) in [4.78, 5) is 14.3. The van der Waals surface area contributed by atoms with E-state index in [4.69, 9.17) is 10.5 Å². The molecule has 0 spiro atoms. The van der Waals surface area contributed by atoms with Gasteiger partial charge in [0.1, 0.15) is 6.61 Å². The first-order valence-corrected chi connectivity index (χ1v) is 8.66. The number of halogens is 2. The van der Waals surface area contributed by atoms with E-state index in [0.29, 0.717) is 36.2 Å². The van der Waals surface area contributed by atoms with Crippen LogP contribution in [0.3, 0.4) is 0 Å². The molecule has 0 bridgehead atoms. The summed E-state index contributed by atoms with van der Waals surface area (Å²) in [6.45, 7) is 0.499. The van der Waals surface area contributed by atoms with Gasteiger partial charge >= 0.3 is 0 Å². The summed E-state index contributed by atoms with van der Waals surface area (Å²) in [7, 11) is 0. The van der Waals surface area contributed by atoms with E-state index in [2.05, 4.69) is 4.90 Å². The van der Waals surface area contributed by atoms with E-state index in [0.717, 1.165) is 0 Å². The van der Waals surface area contributed by atoms with E-state index in [1.54, 1.807) is 0 Å². The zero-order valence-electron chi connectivity index (χ0n) is 13.7. The average Bonchev–Trinajstić information content (AvgIpc) is 2.42. The fraction of sp³-hybridized carbons (Fsp3) is 0.611. The number of carbonyl (C=O) groups is 1. The van der Waals surface area contributed by atoms with E-state index in [1.165, 1.54) is 50.7 Å². The molecule has 0 saturated heterocycles. The highest BCUT2D eigenvalue weighted by atomic mass is 35.5. The fourth-order valence-corrected chi connectivity index (χ4v) is 4.12. The van der Waals surface area contributed by atoms with Crippen LogP contribution in [0.25, 0.3) is 0 Å². The van der Waals surface area contributed by atoms with Gasteiger partial charge in [-0.15, -0.1) is 12.4 Å². The maximum Gasteiger partial charge on any atom is 0.249 e. The molecule has 4 rings (SSSR count). The molecule has 6 heteroatoms. The lowest BCUT2D eigenvalue weighted by atomic mass is 9.82. The molecule has 1 aromatic carbocycles. The first-order valence-electron chi connectivity index (χ1n) is 8.66. The Labute approximate surface area is 147 Å². The molecule has 1 heterocycles. The SMILES string of the molecule is Cl.NC(=O)c1ccc(F)c2c1C[C@@H](N(C1CCC1)C1CCC1)CO2. The van der Waals surface area contributed by atoms with E-state index >= 15 is 0 Å². The molecule has 3 aliphatic rings. The number of primary amides is 1. The minimum atomic E-state index is -0.510. The highest BCUT2D eigenvalue weighted by Crippen LogP contribution is 2.39. The van der Waals surface area contributed by atoms with Crippen LogP contribution in [0.4, 0.5) is 4.39 Å². The van der Waals surface area contributed by atoms with Gasteiger partial charge in [-0.05, 0) is 44.2 Å². The smallest absolute Gasteiger partial charge is 0.249 e. The molecule has 2 N–H and O–H groups in total. The molecule has 132 valence electrons. The summed E-state index contributed by atoms with van der Waals surface area (Å²) in [5.41, 5.74) is 6.52. The van der Waals surface area contributed by atoms with Crippen LogP contribution in [0.2, 0.25) is 0 Å². The Morgan fingerprint density at radius 2 is 1.75 bits per heavy atom. The van der Waals surface area contributed by atoms with E-state index in [1.807, 2.05) is 0 Å². The summed E-state index contributed by atoms with van der Waals surface area (Å²) in [6.07, 6.45) is 8.20. The van der Waals surface area contributed by atoms with Crippen LogP contribution in [0.1, 0.15) is 54.4 Å². The Bertz CT molecular complexity index is 618. The minimum Gasteiger partial charge on any atom is -0.489 e. The summed E-state index contributed by atoms with van der Waals surface area (Å²) >= 11 is 0. The molecule has 1 aliphatic heterocycles. The molecule has 24 heavy (non-hydrogen) atoms. The van der Waals surface area contributed by atoms with Crippen LogP contribution in [-0.2, 0) is 6.42 Å². The molecule has 1 atom stereocenters. The molecular formula is C18H24ClFN2O2. The lowest BCUT2D eigenvalue weighted by Gasteiger charge is -2.51. The van der Waals surface area contributed by atoms with E-state index < -0.39 is 11.7 Å². The van der Waals surface area contributed by atoms with Gasteiger partial charge in [0.05, 0.1) is 0 Å². The molecule has 0 radical (unpaired) electrons. The van der Waals surface area contributed by atoms with Crippen molar-refractivity contribution in [3.05, 3.63) is 29.1 Å². The summed E-state index contributed by atoms with van der Waals surface area (Å²) < 4.78 is 19.8. The van der Waals surface area contributed by atoms with Crippen molar-refractivity contribution in [3.63, 3.8) is 0 Å². The number of hydrogen-bond donors (Lipinski definition) is 1. The quantitative estimate of drug-likeness (QED) is 0.904. The molecule has 1 amide bonds. The second-order valence-corrected chi connectivity index (χ2v) is 7.05. The summed E-state index contributed by atoms with van der Waals surface area (Å²) in [6, 6.07) is 4.23. The van der Waals surface area contributed by atoms with Crippen molar-refractivity contribution in [1.29, 1.82) is 0 Å². The number of ether oxygens (including phenoxy) is 1. The van der Waals surface area contributed by atoms with Gasteiger partial charge in [-0.3, -0.25) is 9.69 Å². The average molecular weight is 355 g/mol. The van der Waals surface area contributed by atoms with Crippen molar-refractivity contribution in [1.82, 2.24) is 4.90 Å². The van der Waals surface area contributed by atoms with Gasteiger partial charge in [0, 0.05) is 29.3 Å². The van der Waals surface area contributed by atoms with Crippen molar-refractivity contribution in [2.75, 3.05) is 6.61 Å². The Morgan fingerprint density at radius 3 is 2.25 bits per heavy atom. The largest absolute Gasteiger partial charge is 0.489 e. The third kappa shape index (κ3) is 2.88. The zero-order chi connectivity index (χ0) is 16.0.